The third-order valence-corrected chi connectivity index (χ3v) is 2.44. The van der Waals surface area contributed by atoms with Crippen molar-refractivity contribution < 1.29 is 9.31 Å². The lowest BCUT2D eigenvalue weighted by Crippen LogP contribution is -2.11. The summed E-state index contributed by atoms with van der Waals surface area (Å²) in [5.74, 6) is 0. The van der Waals surface area contributed by atoms with Crippen LogP contribution in [0, 0.1) is 0 Å². The van der Waals surface area contributed by atoms with Crippen LogP contribution in [-0.2, 0) is 9.31 Å². The van der Waals surface area contributed by atoms with Crippen molar-refractivity contribution in [2.24, 2.45) is 0 Å². The standard InChI is InChI=1S/C11H19BO2/c1-4-5-10(2)11(3)6-7-12-13-8-9-14-12/h5-6H,4,7-9H2,1-3H3/b10-5-,11-6-. The fourth-order valence-corrected chi connectivity index (χ4v) is 1.44. The van der Waals surface area contributed by atoms with Crippen LogP contribution in [0.1, 0.15) is 27.2 Å². The minimum absolute atomic E-state index is 0.0145. The third-order valence-electron chi connectivity index (χ3n) is 2.44. The largest absolute Gasteiger partial charge is 0.461 e. The van der Waals surface area contributed by atoms with Crippen LogP contribution in [0.15, 0.2) is 23.3 Å². The van der Waals surface area contributed by atoms with Crippen molar-refractivity contribution in [2.45, 2.75) is 33.5 Å². The van der Waals surface area contributed by atoms with E-state index in [0.29, 0.717) is 0 Å². The monoisotopic (exact) mass is 194 g/mol. The molecule has 0 spiro atoms. The van der Waals surface area contributed by atoms with Crippen molar-refractivity contribution in [3.63, 3.8) is 0 Å². The maximum absolute atomic E-state index is 5.36. The van der Waals surface area contributed by atoms with Crippen LogP contribution in [0.3, 0.4) is 0 Å². The van der Waals surface area contributed by atoms with E-state index in [1.165, 1.54) is 11.1 Å². The molecule has 0 bridgehead atoms. The molecule has 0 amide bonds. The Balaban J connectivity index is 2.38. The van der Waals surface area contributed by atoms with Crippen LogP contribution < -0.4 is 0 Å². The van der Waals surface area contributed by atoms with Gasteiger partial charge in [0.25, 0.3) is 0 Å². The van der Waals surface area contributed by atoms with Gasteiger partial charge in [-0.1, -0.05) is 30.2 Å². The zero-order valence-electron chi connectivity index (χ0n) is 9.38. The molecule has 0 N–H and O–H groups in total. The highest BCUT2D eigenvalue weighted by Crippen LogP contribution is 2.13. The maximum atomic E-state index is 5.36. The van der Waals surface area contributed by atoms with Gasteiger partial charge in [-0.25, -0.2) is 0 Å². The average Bonchev–Trinajstić information content (AvgIpc) is 2.67. The first-order valence-electron chi connectivity index (χ1n) is 5.31. The van der Waals surface area contributed by atoms with E-state index < -0.39 is 0 Å². The third kappa shape index (κ3) is 3.68. The Morgan fingerprint density at radius 3 is 2.29 bits per heavy atom. The Morgan fingerprint density at radius 2 is 1.71 bits per heavy atom. The average molecular weight is 194 g/mol. The molecule has 0 atom stereocenters. The van der Waals surface area contributed by atoms with Crippen LogP contribution in [-0.4, -0.2) is 20.3 Å². The Kier molecular flexibility index (Phi) is 4.98. The first-order valence-corrected chi connectivity index (χ1v) is 5.31. The predicted octanol–water partition coefficient (Wildman–Crippen LogP) is 2.82. The summed E-state index contributed by atoms with van der Waals surface area (Å²) in [6.07, 6.45) is 6.38. The predicted molar refractivity (Wildman–Crippen MR) is 60.3 cm³/mol. The van der Waals surface area contributed by atoms with E-state index in [-0.39, 0.29) is 7.12 Å². The Bertz CT molecular complexity index is 227. The van der Waals surface area contributed by atoms with Crippen LogP contribution in [0.25, 0.3) is 0 Å². The molecular weight excluding hydrogens is 175 g/mol. The minimum Gasteiger partial charge on any atom is -0.409 e. The van der Waals surface area contributed by atoms with Crippen molar-refractivity contribution in [3.05, 3.63) is 23.3 Å². The summed E-state index contributed by atoms with van der Waals surface area (Å²) < 4.78 is 10.7. The first-order chi connectivity index (χ1) is 6.74. The van der Waals surface area contributed by atoms with Gasteiger partial charge >= 0.3 is 7.12 Å². The lowest BCUT2D eigenvalue weighted by Gasteiger charge is -2.03. The molecule has 1 fully saturated rings. The second-order valence-electron chi connectivity index (χ2n) is 3.59. The molecule has 1 aliphatic rings. The highest BCUT2D eigenvalue weighted by atomic mass is 16.6. The van der Waals surface area contributed by atoms with E-state index in [4.69, 9.17) is 9.31 Å². The molecule has 1 saturated heterocycles. The fraction of sp³-hybridized carbons (Fsp3) is 0.636. The summed E-state index contributed by atoms with van der Waals surface area (Å²) in [7, 11) is -0.0145. The summed E-state index contributed by atoms with van der Waals surface area (Å²) in [5.41, 5.74) is 2.68. The van der Waals surface area contributed by atoms with Gasteiger partial charge in [0.1, 0.15) is 0 Å². The second kappa shape index (κ2) is 6.04. The number of rotatable bonds is 4. The number of allylic oxidation sites excluding steroid dienone is 4. The van der Waals surface area contributed by atoms with Crippen molar-refractivity contribution in [1.29, 1.82) is 0 Å². The topological polar surface area (TPSA) is 18.5 Å². The SMILES string of the molecule is CC/C=C(C)\C(C)=C/CB1OCCO1. The smallest absolute Gasteiger partial charge is 0.409 e. The summed E-state index contributed by atoms with van der Waals surface area (Å²) >= 11 is 0. The van der Waals surface area contributed by atoms with E-state index in [0.717, 1.165) is 26.0 Å². The molecule has 0 aromatic carbocycles. The molecule has 0 aliphatic carbocycles. The van der Waals surface area contributed by atoms with Crippen molar-refractivity contribution in [3.8, 4) is 0 Å². The zero-order chi connectivity index (χ0) is 10.4. The van der Waals surface area contributed by atoms with E-state index >= 15 is 0 Å². The van der Waals surface area contributed by atoms with Gasteiger partial charge in [0, 0.05) is 6.32 Å². The zero-order valence-corrected chi connectivity index (χ0v) is 9.38. The van der Waals surface area contributed by atoms with Gasteiger partial charge in [-0.15, -0.1) is 0 Å². The maximum Gasteiger partial charge on any atom is 0.461 e. The van der Waals surface area contributed by atoms with Gasteiger partial charge < -0.3 is 9.31 Å². The van der Waals surface area contributed by atoms with Crippen molar-refractivity contribution in [1.82, 2.24) is 0 Å². The van der Waals surface area contributed by atoms with Gasteiger partial charge in [-0.3, -0.25) is 0 Å². The molecule has 0 aromatic heterocycles. The van der Waals surface area contributed by atoms with Gasteiger partial charge in [-0.2, -0.15) is 0 Å². The van der Waals surface area contributed by atoms with Crippen LogP contribution in [0.5, 0.6) is 0 Å². The van der Waals surface area contributed by atoms with Crippen LogP contribution >= 0.6 is 0 Å². The molecule has 1 rings (SSSR count). The molecule has 1 aliphatic heterocycles. The molecule has 0 radical (unpaired) electrons. The molecule has 0 unspecified atom stereocenters. The van der Waals surface area contributed by atoms with Crippen LogP contribution in [0.2, 0.25) is 6.32 Å². The quantitative estimate of drug-likeness (QED) is 0.506. The lowest BCUT2D eigenvalue weighted by atomic mass is 9.84. The minimum atomic E-state index is -0.0145. The molecule has 0 saturated carbocycles. The Morgan fingerprint density at radius 1 is 1.14 bits per heavy atom. The second-order valence-corrected chi connectivity index (χ2v) is 3.59. The highest BCUT2D eigenvalue weighted by molar-refractivity contribution is 6.45. The highest BCUT2D eigenvalue weighted by Gasteiger charge is 2.21. The Hall–Kier alpha value is -0.535. The summed E-state index contributed by atoms with van der Waals surface area (Å²) in [4.78, 5) is 0. The molecule has 2 nitrogen and oxygen atoms in total. The molecular formula is C11H19BO2. The fourth-order valence-electron chi connectivity index (χ4n) is 1.44. The first kappa shape index (κ1) is 11.5. The lowest BCUT2D eigenvalue weighted by molar-refractivity contribution is 0.365. The Labute approximate surface area is 87.1 Å². The van der Waals surface area contributed by atoms with Crippen molar-refractivity contribution >= 4 is 7.12 Å². The van der Waals surface area contributed by atoms with Gasteiger partial charge in [-0.05, 0) is 20.3 Å². The molecule has 3 heteroatoms. The van der Waals surface area contributed by atoms with Gasteiger partial charge in [0.05, 0.1) is 13.2 Å². The number of hydrogen-bond acceptors (Lipinski definition) is 2. The molecule has 78 valence electrons. The van der Waals surface area contributed by atoms with Gasteiger partial charge in [0.15, 0.2) is 0 Å². The van der Waals surface area contributed by atoms with E-state index in [1.807, 2.05) is 0 Å². The van der Waals surface area contributed by atoms with Crippen molar-refractivity contribution in [2.75, 3.05) is 13.2 Å². The summed E-state index contributed by atoms with van der Waals surface area (Å²) in [6, 6.07) is 0. The van der Waals surface area contributed by atoms with Crippen LogP contribution in [0.4, 0.5) is 0 Å². The van der Waals surface area contributed by atoms with E-state index in [2.05, 4.69) is 32.9 Å². The van der Waals surface area contributed by atoms with Gasteiger partial charge in [0.2, 0.25) is 0 Å². The number of hydrogen-bond donors (Lipinski definition) is 0. The van der Waals surface area contributed by atoms with E-state index in [1.54, 1.807) is 0 Å². The molecule has 1 heterocycles. The summed E-state index contributed by atoms with van der Waals surface area (Å²) in [5, 5.41) is 0. The summed E-state index contributed by atoms with van der Waals surface area (Å²) in [6.45, 7) is 7.91. The molecule has 0 aromatic rings. The van der Waals surface area contributed by atoms with E-state index in [9.17, 15) is 0 Å². The molecule has 14 heavy (non-hydrogen) atoms. The normalized spacial score (nSPS) is 19.2.